The molecule has 0 aliphatic carbocycles. The summed E-state index contributed by atoms with van der Waals surface area (Å²) in [6.45, 7) is 0.356. The lowest BCUT2D eigenvalue weighted by Gasteiger charge is -2.16. The summed E-state index contributed by atoms with van der Waals surface area (Å²) in [5.41, 5.74) is -0.524. The van der Waals surface area contributed by atoms with Gasteiger partial charge in [0.15, 0.2) is 11.5 Å². The van der Waals surface area contributed by atoms with Crippen LogP contribution in [0.2, 0.25) is 10.0 Å². The lowest BCUT2D eigenvalue weighted by Crippen LogP contribution is -2.06. The minimum Gasteiger partial charge on any atom is -0.493 e. The number of ether oxygens (including phenoxy) is 2. The van der Waals surface area contributed by atoms with Crippen LogP contribution in [0.3, 0.4) is 0 Å². The van der Waals surface area contributed by atoms with Crippen LogP contribution in [0.15, 0.2) is 48.5 Å². The molecule has 0 saturated carbocycles. The van der Waals surface area contributed by atoms with E-state index in [2.05, 4.69) is 5.32 Å². The summed E-state index contributed by atoms with van der Waals surface area (Å²) in [5.74, 6) is 0.0346. The van der Waals surface area contributed by atoms with Gasteiger partial charge in [-0.05, 0) is 70.6 Å². The maximum absolute atomic E-state index is 13.0. The van der Waals surface area contributed by atoms with Crippen LogP contribution in [-0.4, -0.2) is 12.0 Å². The summed E-state index contributed by atoms with van der Waals surface area (Å²) in [4.78, 5) is 10.4. The van der Waals surface area contributed by atoms with Crippen molar-refractivity contribution in [2.75, 3.05) is 12.4 Å². The molecule has 12 heteroatoms. The molecular weight excluding hydrogens is 599 g/mol. The van der Waals surface area contributed by atoms with E-state index < -0.39 is 22.4 Å². The summed E-state index contributed by atoms with van der Waals surface area (Å²) in [6, 6.07) is 10.5. The van der Waals surface area contributed by atoms with Gasteiger partial charge in [0.05, 0.1) is 31.9 Å². The predicted octanol–water partition coefficient (Wildman–Crippen LogP) is 7.94. The molecule has 0 amide bonds. The van der Waals surface area contributed by atoms with Crippen LogP contribution in [0.5, 0.6) is 17.2 Å². The third-order valence-corrected chi connectivity index (χ3v) is 5.75. The van der Waals surface area contributed by atoms with Crippen LogP contribution < -0.4 is 14.8 Å². The normalized spacial score (nSPS) is 11.2. The molecule has 3 rings (SSSR count). The fraction of sp³-hybridized carbons (Fsp3) is 0.143. The molecule has 0 aromatic heterocycles. The quantitative estimate of drug-likeness (QED) is 0.167. The first-order chi connectivity index (χ1) is 15.5. The monoisotopic (exact) mass is 612 g/mol. The van der Waals surface area contributed by atoms with Crippen molar-refractivity contribution >= 4 is 57.2 Å². The molecule has 0 aliphatic heterocycles. The Hall–Kier alpha value is -2.44. The Morgan fingerprint density at radius 1 is 1.09 bits per heavy atom. The maximum atomic E-state index is 13.0. The molecule has 0 atom stereocenters. The number of anilines is 1. The molecular formula is C21H14Cl2F3IN2O4. The van der Waals surface area contributed by atoms with Crippen molar-refractivity contribution in [2.45, 2.75) is 12.7 Å². The number of nitrogens with one attached hydrogen (secondary N) is 1. The Bertz CT molecular complexity index is 1210. The predicted molar refractivity (Wildman–Crippen MR) is 128 cm³/mol. The Balaban J connectivity index is 1.89. The molecule has 0 heterocycles. The Labute approximate surface area is 209 Å². The van der Waals surface area contributed by atoms with Gasteiger partial charge in [0.25, 0.3) is 0 Å². The van der Waals surface area contributed by atoms with Crippen LogP contribution in [0.4, 0.5) is 24.5 Å². The van der Waals surface area contributed by atoms with Crippen molar-refractivity contribution in [1.82, 2.24) is 0 Å². The molecule has 6 nitrogen and oxygen atoms in total. The zero-order valence-electron chi connectivity index (χ0n) is 16.7. The van der Waals surface area contributed by atoms with Gasteiger partial charge in [-0.3, -0.25) is 10.1 Å². The number of hydrogen-bond acceptors (Lipinski definition) is 5. The highest BCUT2D eigenvalue weighted by atomic mass is 127. The minimum absolute atomic E-state index is 0.134. The van der Waals surface area contributed by atoms with Crippen LogP contribution in [0.25, 0.3) is 0 Å². The molecule has 33 heavy (non-hydrogen) atoms. The highest BCUT2D eigenvalue weighted by molar-refractivity contribution is 14.1. The first kappa shape index (κ1) is 25.2. The van der Waals surface area contributed by atoms with Crippen molar-refractivity contribution in [1.29, 1.82) is 0 Å². The van der Waals surface area contributed by atoms with Crippen molar-refractivity contribution < 1.29 is 27.6 Å². The van der Waals surface area contributed by atoms with E-state index in [9.17, 15) is 23.3 Å². The number of rotatable bonds is 7. The smallest absolute Gasteiger partial charge is 0.416 e. The fourth-order valence-electron chi connectivity index (χ4n) is 2.84. The van der Waals surface area contributed by atoms with Gasteiger partial charge in [-0.25, -0.2) is 0 Å². The van der Waals surface area contributed by atoms with E-state index >= 15 is 0 Å². The fourth-order valence-corrected chi connectivity index (χ4v) is 4.09. The zero-order chi connectivity index (χ0) is 24.3. The highest BCUT2D eigenvalue weighted by Gasteiger charge is 2.33. The maximum Gasteiger partial charge on any atom is 0.416 e. The van der Waals surface area contributed by atoms with E-state index in [0.29, 0.717) is 31.9 Å². The number of benzene rings is 3. The molecule has 0 spiro atoms. The van der Waals surface area contributed by atoms with Crippen LogP contribution in [0, 0.1) is 13.7 Å². The molecule has 0 fully saturated rings. The topological polar surface area (TPSA) is 73.6 Å². The Morgan fingerprint density at radius 2 is 1.82 bits per heavy atom. The molecule has 3 aromatic rings. The summed E-state index contributed by atoms with van der Waals surface area (Å²) >= 11 is 14.0. The summed E-state index contributed by atoms with van der Waals surface area (Å²) < 4.78 is 50.4. The van der Waals surface area contributed by atoms with E-state index in [1.165, 1.54) is 7.11 Å². The van der Waals surface area contributed by atoms with Gasteiger partial charge in [-0.2, -0.15) is 13.2 Å². The summed E-state index contributed by atoms with van der Waals surface area (Å²) in [7, 11) is 1.38. The number of halogens is 6. The zero-order valence-corrected chi connectivity index (χ0v) is 20.3. The molecule has 3 aromatic carbocycles. The van der Waals surface area contributed by atoms with Gasteiger partial charge >= 0.3 is 11.9 Å². The average molecular weight is 613 g/mol. The van der Waals surface area contributed by atoms with Gasteiger partial charge in [0.2, 0.25) is 5.75 Å². The first-order valence-electron chi connectivity index (χ1n) is 9.08. The van der Waals surface area contributed by atoms with Gasteiger partial charge in [-0.1, -0.05) is 23.2 Å². The first-order valence-corrected chi connectivity index (χ1v) is 10.9. The SMILES string of the molecule is COc1cc(CNc2ccc(Cl)cc2Cl)cc(I)c1Oc1ccc(C(F)(F)F)cc1[N+](=O)[O-]. The van der Waals surface area contributed by atoms with Crippen LogP contribution in [0.1, 0.15) is 11.1 Å². The molecule has 0 saturated heterocycles. The lowest BCUT2D eigenvalue weighted by atomic mass is 10.1. The van der Waals surface area contributed by atoms with E-state index in [1.54, 1.807) is 30.3 Å². The van der Waals surface area contributed by atoms with E-state index in [4.69, 9.17) is 32.7 Å². The minimum atomic E-state index is -4.73. The van der Waals surface area contributed by atoms with Gasteiger partial charge in [0, 0.05) is 17.6 Å². The largest absolute Gasteiger partial charge is 0.493 e. The van der Waals surface area contributed by atoms with Gasteiger partial charge < -0.3 is 14.8 Å². The third-order valence-electron chi connectivity index (χ3n) is 4.40. The van der Waals surface area contributed by atoms with Crippen molar-refractivity contribution in [3.8, 4) is 17.2 Å². The van der Waals surface area contributed by atoms with Crippen molar-refractivity contribution in [3.63, 3.8) is 0 Å². The number of alkyl halides is 3. The summed E-state index contributed by atoms with van der Waals surface area (Å²) in [5, 5.41) is 15.5. The molecule has 0 bridgehead atoms. The lowest BCUT2D eigenvalue weighted by molar-refractivity contribution is -0.385. The van der Waals surface area contributed by atoms with Crippen molar-refractivity contribution in [2.24, 2.45) is 0 Å². The second kappa shape index (κ2) is 10.2. The Morgan fingerprint density at radius 3 is 2.42 bits per heavy atom. The van der Waals surface area contributed by atoms with Crippen LogP contribution >= 0.6 is 45.8 Å². The van der Waals surface area contributed by atoms with Crippen LogP contribution in [-0.2, 0) is 12.7 Å². The highest BCUT2D eigenvalue weighted by Crippen LogP contribution is 2.42. The molecule has 0 aliphatic rings. The second-order valence-corrected chi connectivity index (χ2v) is 8.63. The van der Waals surface area contributed by atoms with E-state index in [1.807, 2.05) is 22.6 Å². The number of nitrogens with zero attached hydrogens (tertiary/aromatic N) is 1. The summed E-state index contributed by atoms with van der Waals surface area (Å²) in [6.07, 6.45) is -4.73. The number of methoxy groups -OCH3 is 1. The van der Waals surface area contributed by atoms with E-state index in [0.717, 1.165) is 17.7 Å². The standard InChI is InChI=1S/C21H14Cl2F3IN2O4/c1-32-19-7-11(10-28-16-4-3-13(22)9-14(16)23)6-15(27)20(19)33-18-5-2-12(21(24,25)26)8-17(18)29(30)31/h2-9,28H,10H2,1H3. The van der Waals surface area contributed by atoms with Gasteiger partial charge in [0.1, 0.15) is 0 Å². The molecule has 1 N–H and O–H groups in total. The van der Waals surface area contributed by atoms with Gasteiger partial charge in [-0.15, -0.1) is 0 Å². The van der Waals surface area contributed by atoms with Crippen molar-refractivity contribution in [3.05, 3.63) is 83.4 Å². The Kier molecular flexibility index (Phi) is 7.80. The third kappa shape index (κ3) is 6.12. The molecule has 0 radical (unpaired) electrons. The average Bonchev–Trinajstić information content (AvgIpc) is 2.73. The molecule has 0 unspecified atom stereocenters. The number of hydrogen-bond donors (Lipinski definition) is 1. The van der Waals surface area contributed by atoms with E-state index in [-0.39, 0.29) is 17.2 Å². The molecule has 174 valence electrons. The number of nitro benzene ring substituents is 1. The second-order valence-electron chi connectivity index (χ2n) is 6.63. The number of nitro groups is 1.